The van der Waals surface area contributed by atoms with E-state index in [1.807, 2.05) is 0 Å². The largest absolute Gasteiger partial charge is 0.488 e. The third-order valence-corrected chi connectivity index (χ3v) is 5.83. The van der Waals surface area contributed by atoms with Crippen LogP contribution in [-0.4, -0.2) is 69.5 Å². The molecule has 1 aromatic carbocycles. The Morgan fingerprint density at radius 3 is 2.68 bits per heavy atom. The van der Waals surface area contributed by atoms with Gasteiger partial charge in [-0.3, -0.25) is 14.9 Å². The molecule has 5 rings (SSSR count). The summed E-state index contributed by atoms with van der Waals surface area (Å²) in [6.07, 6.45) is 8.20. The van der Waals surface area contributed by atoms with Crippen LogP contribution in [0.5, 0.6) is 5.75 Å². The van der Waals surface area contributed by atoms with Crippen LogP contribution in [0.15, 0.2) is 30.9 Å². The summed E-state index contributed by atoms with van der Waals surface area (Å²) in [4.78, 5) is 27.4. The van der Waals surface area contributed by atoms with Gasteiger partial charge < -0.3 is 19.7 Å². The number of nitrogens with one attached hydrogen (secondary N) is 2. The molecule has 10 heteroatoms. The molecule has 1 saturated carbocycles. The van der Waals surface area contributed by atoms with E-state index in [-0.39, 0.29) is 23.9 Å². The minimum atomic E-state index is -0.221. The number of nitrogens with zero attached hydrogens (tertiary/aromatic N) is 5. The Kier molecular flexibility index (Phi) is 5.61. The van der Waals surface area contributed by atoms with Crippen molar-refractivity contribution in [2.75, 3.05) is 31.2 Å². The Morgan fingerprint density at radius 2 is 1.90 bits per heavy atom. The Hall–Kier alpha value is -3.27. The summed E-state index contributed by atoms with van der Waals surface area (Å²) in [6.45, 7) is 3.14. The van der Waals surface area contributed by atoms with E-state index in [0.29, 0.717) is 0 Å². The molecule has 10 nitrogen and oxygen atoms in total. The van der Waals surface area contributed by atoms with Gasteiger partial charge in [0, 0.05) is 43.3 Å². The number of aromatic nitrogens is 5. The zero-order chi connectivity index (χ0) is 21.0. The van der Waals surface area contributed by atoms with Gasteiger partial charge in [0.05, 0.1) is 24.8 Å². The number of morpholine rings is 1. The number of fused-ring (bicyclic) bond motifs is 1. The number of carbonyl (C=O) groups excluding carboxylic acids is 1. The fraction of sp³-hybridized carbons (Fsp3) is 0.476. The summed E-state index contributed by atoms with van der Waals surface area (Å²) in [5.74, 6) is 0.783. The maximum absolute atomic E-state index is 12.2. The number of hydrogen-bond acceptors (Lipinski definition) is 8. The van der Waals surface area contributed by atoms with E-state index in [1.165, 1.54) is 6.33 Å². The zero-order valence-corrected chi connectivity index (χ0v) is 17.2. The summed E-state index contributed by atoms with van der Waals surface area (Å²) < 4.78 is 11.9. The monoisotopic (exact) mass is 423 g/mol. The molecule has 0 unspecified atom stereocenters. The quantitative estimate of drug-likeness (QED) is 0.637. The minimum absolute atomic E-state index is 0.0728. The molecule has 2 aliphatic rings. The van der Waals surface area contributed by atoms with Crippen molar-refractivity contribution >= 4 is 22.6 Å². The molecule has 2 aromatic heterocycles. The van der Waals surface area contributed by atoms with Crippen LogP contribution < -0.4 is 15.0 Å². The Balaban J connectivity index is 1.26. The van der Waals surface area contributed by atoms with E-state index < -0.39 is 0 Å². The summed E-state index contributed by atoms with van der Waals surface area (Å²) in [5, 5.41) is 9.34. The first-order chi connectivity index (χ1) is 15.3. The lowest BCUT2D eigenvalue weighted by Crippen LogP contribution is -2.40. The van der Waals surface area contributed by atoms with Gasteiger partial charge in [-0.25, -0.2) is 9.97 Å². The highest BCUT2D eigenvalue weighted by Crippen LogP contribution is 2.33. The molecular formula is C21H25N7O3. The van der Waals surface area contributed by atoms with Crippen molar-refractivity contribution in [2.24, 2.45) is 0 Å². The molecule has 0 radical (unpaired) electrons. The van der Waals surface area contributed by atoms with E-state index in [4.69, 9.17) is 9.47 Å². The topological polar surface area (TPSA) is 118 Å². The van der Waals surface area contributed by atoms with Gasteiger partial charge in [-0.05, 0) is 31.7 Å². The minimum Gasteiger partial charge on any atom is -0.488 e. The van der Waals surface area contributed by atoms with Gasteiger partial charge in [-0.1, -0.05) is 0 Å². The molecule has 1 aliphatic carbocycles. The van der Waals surface area contributed by atoms with Crippen LogP contribution >= 0.6 is 0 Å². The SMILES string of the molecule is O=C(NC1CCC(Oc2cc(N3CCOCC3)cc3nccnc23)CC1)c1ncn[nH]1. The van der Waals surface area contributed by atoms with Crippen molar-refractivity contribution in [3.05, 3.63) is 36.7 Å². The number of rotatable bonds is 5. The molecule has 1 amide bonds. The summed E-state index contributed by atoms with van der Waals surface area (Å²) in [6, 6.07) is 4.24. The second-order valence-electron chi connectivity index (χ2n) is 7.87. The maximum atomic E-state index is 12.2. The first-order valence-corrected chi connectivity index (χ1v) is 10.7. The van der Waals surface area contributed by atoms with Gasteiger partial charge in [-0.15, -0.1) is 0 Å². The highest BCUT2D eigenvalue weighted by Gasteiger charge is 2.26. The van der Waals surface area contributed by atoms with E-state index >= 15 is 0 Å². The van der Waals surface area contributed by atoms with Crippen molar-refractivity contribution in [1.82, 2.24) is 30.5 Å². The first-order valence-electron chi connectivity index (χ1n) is 10.7. The third-order valence-electron chi connectivity index (χ3n) is 5.83. The normalized spacial score (nSPS) is 21.7. The summed E-state index contributed by atoms with van der Waals surface area (Å²) in [5.41, 5.74) is 2.69. The second-order valence-corrected chi connectivity index (χ2v) is 7.87. The number of amides is 1. The molecule has 0 spiro atoms. The summed E-state index contributed by atoms with van der Waals surface area (Å²) >= 11 is 0. The lowest BCUT2D eigenvalue weighted by Gasteiger charge is -2.31. The number of H-pyrrole nitrogens is 1. The summed E-state index contributed by atoms with van der Waals surface area (Å²) in [7, 11) is 0. The van der Waals surface area contributed by atoms with Crippen LogP contribution in [0.25, 0.3) is 11.0 Å². The van der Waals surface area contributed by atoms with Gasteiger partial charge in [0.1, 0.15) is 17.6 Å². The first kappa shape index (κ1) is 19.7. The number of hydrogen-bond donors (Lipinski definition) is 2. The van der Waals surface area contributed by atoms with Crippen LogP contribution in [0.1, 0.15) is 36.3 Å². The number of anilines is 1. The smallest absolute Gasteiger partial charge is 0.288 e. The maximum Gasteiger partial charge on any atom is 0.288 e. The predicted octanol–water partition coefficient (Wildman–Crippen LogP) is 1.70. The van der Waals surface area contributed by atoms with E-state index in [2.05, 4.69) is 47.5 Å². The van der Waals surface area contributed by atoms with Crippen LogP contribution in [0.3, 0.4) is 0 Å². The molecule has 1 aliphatic heterocycles. The van der Waals surface area contributed by atoms with Gasteiger partial charge >= 0.3 is 0 Å². The average Bonchev–Trinajstić information content (AvgIpc) is 3.36. The molecule has 2 fully saturated rings. The highest BCUT2D eigenvalue weighted by atomic mass is 16.5. The number of benzene rings is 1. The van der Waals surface area contributed by atoms with Crippen LogP contribution in [0.2, 0.25) is 0 Å². The van der Waals surface area contributed by atoms with Gasteiger partial charge in [-0.2, -0.15) is 5.10 Å². The number of ether oxygens (including phenoxy) is 2. The molecule has 1 saturated heterocycles. The molecule has 3 heterocycles. The molecule has 0 atom stereocenters. The van der Waals surface area contributed by atoms with Crippen molar-refractivity contribution in [3.8, 4) is 5.75 Å². The van der Waals surface area contributed by atoms with Crippen LogP contribution in [0, 0.1) is 0 Å². The van der Waals surface area contributed by atoms with Crippen molar-refractivity contribution in [3.63, 3.8) is 0 Å². The Bertz CT molecular complexity index is 1030. The van der Waals surface area contributed by atoms with E-state index in [9.17, 15) is 4.79 Å². The third kappa shape index (κ3) is 4.43. The Labute approximate surface area is 179 Å². The van der Waals surface area contributed by atoms with Crippen molar-refractivity contribution in [2.45, 2.75) is 37.8 Å². The molecule has 162 valence electrons. The van der Waals surface area contributed by atoms with E-state index in [1.54, 1.807) is 12.4 Å². The molecular weight excluding hydrogens is 398 g/mol. The lowest BCUT2D eigenvalue weighted by atomic mass is 9.93. The zero-order valence-electron chi connectivity index (χ0n) is 17.2. The van der Waals surface area contributed by atoms with Gasteiger partial charge in [0.15, 0.2) is 0 Å². The number of carbonyl (C=O) groups is 1. The number of aromatic amines is 1. The highest BCUT2D eigenvalue weighted by molar-refractivity contribution is 5.90. The fourth-order valence-electron chi connectivity index (χ4n) is 4.20. The van der Waals surface area contributed by atoms with Crippen LogP contribution in [0.4, 0.5) is 5.69 Å². The van der Waals surface area contributed by atoms with E-state index in [0.717, 1.165) is 74.5 Å². The van der Waals surface area contributed by atoms with Crippen LogP contribution in [-0.2, 0) is 4.74 Å². The molecule has 31 heavy (non-hydrogen) atoms. The Morgan fingerprint density at radius 1 is 1.10 bits per heavy atom. The fourth-order valence-corrected chi connectivity index (χ4v) is 4.20. The molecule has 0 bridgehead atoms. The van der Waals surface area contributed by atoms with Crippen molar-refractivity contribution < 1.29 is 14.3 Å². The standard InChI is InChI=1S/C21H25N7O3/c29-21(20-24-13-25-27-20)26-14-1-3-16(4-2-14)31-18-12-15(28-7-9-30-10-8-28)11-17-19(18)23-6-5-22-17/h5-6,11-14,16H,1-4,7-10H2,(H,26,29)(H,24,25,27). The molecule has 3 aromatic rings. The van der Waals surface area contributed by atoms with Gasteiger partial charge in [0.25, 0.3) is 5.91 Å². The second kappa shape index (κ2) is 8.84. The molecule has 2 N–H and O–H groups in total. The van der Waals surface area contributed by atoms with Gasteiger partial charge in [0.2, 0.25) is 5.82 Å². The average molecular weight is 423 g/mol. The predicted molar refractivity (Wildman–Crippen MR) is 113 cm³/mol. The van der Waals surface area contributed by atoms with Crippen molar-refractivity contribution in [1.29, 1.82) is 0 Å². The lowest BCUT2D eigenvalue weighted by molar-refractivity contribution is 0.0885.